The predicted octanol–water partition coefficient (Wildman–Crippen LogP) is 1.39. The fourth-order valence-corrected chi connectivity index (χ4v) is 4.35. The molecule has 0 bridgehead atoms. The number of hydrogen-bond acceptors (Lipinski definition) is 4. The molecule has 1 fully saturated rings. The molecule has 0 aliphatic carbocycles. The molecular formula is C18H26N4O3S. The highest BCUT2D eigenvalue weighted by Crippen LogP contribution is 2.19. The third-order valence-corrected chi connectivity index (χ3v) is 6.29. The first-order chi connectivity index (χ1) is 12.4. The van der Waals surface area contributed by atoms with Crippen LogP contribution in [0, 0.1) is 5.92 Å². The first-order valence-corrected chi connectivity index (χ1v) is 10.9. The van der Waals surface area contributed by atoms with Gasteiger partial charge in [-0.1, -0.05) is 19.1 Å². The molecule has 0 saturated carbocycles. The number of carbonyl (C=O) groups excluding carboxylic acids is 1. The van der Waals surface area contributed by atoms with Crippen LogP contribution < -0.4 is 5.32 Å². The summed E-state index contributed by atoms with van der Waals surface area (Å²) in [5.74, 6) is 1.19. The number of nitrogens with zero attached hydrogens (tertiary/aromatic N) is 3. The Balaban J connectivity index is 1.56. The first kappa shape index (κ1) is 18.8. The van der Waals surface area contributed by atoms with Gasteiger partial charge >= 0.3 is 0 Å². The van der Waals surface area contributed by atoms with E-state index in [-0.39, 0.29) is 12.5 Å². The summed E-state index contributed by atoms with van der Waals surface area (Å²) in [6, 6.07) is 7.84. The number of rotatable bonds is 6. The van der Waals surface area contributed by atoms with Gasteiger partial charge in [0.05, 0.1) is 17.3 Å². The predicted molar refractivity (Wildman–Crippen MR) is 101 cm³/mol. The van der Waals surface area contributed by atoms with Crippen molar-refractivity contribution in [2.45, 2.75) is 32.7 Å². The normalized spacial score (nSPS) is 16.8. The van der Waals surface area contributed by atoms with Gasteiger partial charge in [-0.05, 0) is 30.9 Å². The maximum absolute atomic E-state index is 12.4. The van der Waals surface area contributed by atoms with Crippen molar-refractivity contribution < 1.29 is 13.2 Å². The van der Waals surface area contributed by atoms with E-state index >= 15 is 0 Å². The van der Waals surface area contributed by atoms with Gasteiger partial charge in [-0.3, -0.25) is 4.79 Å². The third kappa shape index (κ3) is 4.24. The minimum absolute atomic E-state index is 0.0339. The maximum atomic E-state index is 12.4. The minimum Gasteiger partial charge on any atom is -0.354 e. The van der Waals surface area contributed by atoms with Crippen molar-refractivity contribution in [1.29, 1.82) is 0 Å². The molecule has 1 aromatic heterocycles. The minimum atomic E-state index is -3.11. The van der Waals surface area contributed by atoms with Crippen LogP contribution >= 0.6 is 0 Å². The van der Waals surface area contributed by atoms with Crippen LogP contribution in [0.4, 0.5) is 0 Å². The zero-order valence-electron chi connectivity index (χ0n) is 15.3. The van der Waals surface area contributed by atoms with Gasteiger partial charge in [-0.25, -0.2) is 17.7 Å². The Hall–Kier alpha value is -1.93. The summed E-state index contributed by atoms with van der Waals surface area (Å²) in [6.07, 6.45) is 3.57. The van der Waals surface area contributed by atoms with E-state index < -0.39 is 10.0 Å². The molecule has 0 atom stereocenters. The van der Waals surface area contributed by atoms with Crippen LogP contribution in [-0.2, 0) is 27.8 Å². The van der Waals surface area contributed by atoms with Crippen LogP contribution in [0.25, 0.3) is 11.0 Å². The van der Waals surface area contributed by atoms with Crippen molar-refractivity contribution in [3.05, 3.63) is 30.1 Å². The van der Waals surface area contributed by atoms with E-state index in [2.05, 4.69) is 10.3 Å². The molecule has 1 N–H and O–H groups in total. The first-order valence-electron chi connectivity index (χ1n) is 9.04. The highest BCUT2D eigenvalue weighted by molar-refractivity contribution is 7.88. The van der Waals surface area contributed by atoms with Crippen LogP contribution in [-0.4, -0.2) is 54.1 Å². The zero-order chi connectivity index (χ0) is 18.7. The van der Waals surface area contributed by atoms with E-state index in [1.165, 1.54) is 10.6 Å². The van der Waals surface area contributed by atoms with Crippen LogP contribution in [0.2, 0.25) is 0 Å². The Morgan fingerprint density at radius 1 is 1.27 bits per heavy atom. The molecule has 3 rings (SSSR count). The van der Waals surface area contributed by atoms with E-state index in [0.29, 0.717) is 25.6 Å². The lowest BCUT2D eigenvalue weighted by Gasteiger charge is -2.30. The topological polar surface area (TPSA) is 84.3 Å². The number of amides is 1. The van der Waals surface area contributed by atoms with E-state index in [0.717, 1.165) is 36.1 Å². The number of benzene rings is 1. The Labute approximate surface area is 154 Å². The molecule has 0 unspecified atom stereocenters. The summed E-state index contributed by atoms with van der Waals surface area (Å²) in [5, 5.41) is 3.00. The van der Waals surface area contributed by atoms with Crippen molar-refractivity contribution in [1.82, 2.24) is 19.2 Å². The number of hydrogen-bond donors (Lipinski definition) is 1. The van der Waals surface area contributed by atoms with Crippen molar-refractivity contribution in [2.24, 2.45) is 5.92 Å². The molecule has 142 valence electrons. The van der Waals surface area contributed by atoms with Gasteiger partial charge in [0, 0.05) is 26.1 Å². The van der Waals surface area contributed by atoms with E-state index in [4.69, 9.17) is 0 Å². The highest BCUT2D eigenvalue weighted by atomic mass is 32.2. The number of aryl methyl sites for hydroxylation is 1. The van der Waals surface area contributed by atoms with E-state index in [9.17, 15) is 13.2 Å². The number of nitrogens with one attached hydrogen (secondary N) is 1. The summed E-state index contributed by atoms with van der Waals surface area (Å²) in [6.45, 7) is 3.94. The van der Waals surface area contributed by atoms with Gasteiger partial charge in [0.25, 0.3) is 0 Å². The standard InChI is InChI=1S/C18H26N4O3S/c1-3-17-20-15-6-4-5-7-16(15)22(17)13-18(23)19-12-14-8-10-21(11-9-14)26(2,24)25/h4-7,14H,3,8-13H2,1-2H3,(H,19,23). The molecule has 2 heterocycles. The smallest absolute Gasteiger partial charge is 0.240 e. The number of fused-ring (bicyclic) bond motifs is 1. The lowest BCUT2D eigenvalue weighted by molar-refractivity contribution is -0.121. The van der Waals surface area contributed by atoms with Crippen molar-refractivity contribution in [3.63, 3.8) is 0 Å². The molecule has 1 aliphatic heterocycles. The fraction of sp³-hybridized carbons (Fsp3) is 0.556. The van der Waals surface area contributed by atoms with E-state index in [1.807, 2.05) is 35.8 Å². The van der Waals surface area contributed by atoms with Gasteiger partial charge in [-0.2, -0.15) is 0 Å². The average Bonchev–Trinajstić information content (AvgIpc) is 2.97. The number of para-hydroxylation sites is 2. The second-order valence-electron chi connectivity index (χ2n) is 6.87. The molecular weight excluding hydrogens is 352 g/mol. The maximum Gasteiger partial charge on any atom is 0.240 e. The molecule has 1 saturated heterocycles. The van der Waals surface area contributed by atoms with Crippen LogP contribution in [0.3, 0.4) is 0 Å². The second-order valence-corrected chi connectivity index (χ2v) is 8.85. The zero-order valence-corrected chi connectivity index (χ0v) is 16.1. The average molecular weight is 378 g/mol. The number of piperidine rings is 1. The van der Waals surface area contributed by atoms with Crippen molar-refractivity contribution >= 4 is 27.0 Å². The Morgan fingerprint density at radius 2 is 1.96 bits per heavy atom. The Bertz CT molecular complexity index is 883. The number of imidazole rings is 1. The van der Waals surface area contributed by atoms with Gasteiger partial charge in [0.1, 0.15) is 12.4 Å². The van der Waals surface area contributed by atoms with Crippen LogP contribution in [0.1, 0.15) is 25.6 Å². The number of carbonyl (C=O) groups is 1. The largest absolute Gasteiger partial charge is 0.354 e. The molecule has 8 heteroatoms. The van der Waals surface area contributed by atoms with Crippen molar-refractivity contribution in [2.75, 3.05) is 25.9 Å². The molecule has 0 spiro atoms. The highest BCUT2D eigenvalue weighted by Gasteiger charge is 2.25. The fourth-order valence-electron chi connectivity index (χ4n) is 3.47. The molecule has 7 nitrogen and oxygen atoms in total. The second kappa shape index (κ2) is 7.75. The number of aromatic nitrogens is 2. The summed E-state index contributed by atoms with van der Waals surface area (Å²) in [4.78, 5) is 17.0. The molecule has 0 radical (unpaired) electrons. The van der Waals surface area contributed by atoms with Crippen molar-refractivity contribution in [3.8, 4) is 0 Å². The molecule has 26 heavy (non-hydrogen) atoms. The van der Waals surface area contributed by atoms with E-state index in [1.54, 1.807) is 0 Å². The summed E-state index contributed by atoms with van der Waals surface area (Å²) in [7, 11) is -3.11. The lowest BCUT2D eigenvalue weighted by Crippen LogP contribution is -2.41. The molecule has 1 aliphatic rings. The van der Waals surface area contributed by atoms with Gasteiger partial charge in [-0.15, -0.1) is 0 Å². The molecule has 1 amide bonds. The summed E-state index contributed by atoms with van der Waals surface area (Å²) >= 11 is 0. The van der Waals surface area contributed by atoms with Gasteiger partial charge in [0.2, 0.25) is 15.9 Å². The van der Waals surface area contributed by atoms with Crippen LogP contribution in [0.15, 0.2) is 24.3 Å². The van der Waals surface area contributed by atoms with Crippen LogP contribution in [0.5, 0.6) is 0 Å². The lowest BCUT2D eigenvalue weighted by atomic mass is 9.98. The Morgan fingerprint density at radius 3 is 2.62 bits per heavy atom. The van der Waals surface area contributed by atoms with Gasteiger partial charge < -0.3 is 9.88 Å². The summed E-state index contributed by atoms with van der Waals surface area (Å²) < 4.78 is 26.6. The molecule has 1 aromatic carbocycles. The van der Waals surface area contributed by atoms with Gasteiger partial charge in [0.15, 0.2) is 0 Å². The third-order valence-electron chi connectivity index (χ3n) is 4.98. The molecule has 2 aromatic rings. The number of sulfonamides is 1. The Kier molecular flexibility index (Phi) is 5.62. The monoisotopic (exact) mass is 378 g/mol. The summed E-state index contributed by atoms with van der Waals surface area (Å²) in [5.41, 5.74) is 1.88. The quantitative estimate of drug-likeness (QED) is 0.823. The SMILES string of the molecule is CCc1nc2ccccc2n1CC(=O)NCC1CCN(S(C)(=O)=O)CC1.